The molecular weight excluding hydrogens is 204 g/mol. The Hall–Kier alpha value is -0.0300. The highest BCUT2D eigenvalue weighted by Gasteiger charge is 2.15. The molecule has 0 amide bonds. The van der Waals surface area contributed by atoms with Gasteiger partial charge in [0.15, 0.2) is 5.17 Å². The summed E-state index contributed by atoms with van der Waals surface area (Å²) < 4.78 is 10.9. The largest absolute Gasteiger partial charge is 0.362 e. The van der Waals surface area contributed by atoms with Crippen molar-refractivity contribution in [1.82, 2.24) is 5.32 Å². The van der Waals surface area contributed by atoms with Crippen molar-refractivity contribution in [2.45, 2.75) is 25.9 Å². The summed E-state index contributed by atoms with van der Waals surface area (Å²) in [5.41, 5.74) is 0. The van der Waals surface area contributed by atoms with Gasteiger partial charge < -0.3 is 5.32 Å². The first-order valence-electron chi connectivity index (χ1n) is 4.35. The van der Waals surface area contributed by atoms with Crippen LogP contribution < -0.4 is 5.32 Å². The predicted molar refractivity (Wildman–Crippen MR) is 60.9 cm³/mol. The van der Waals surface area contributed by atoms with Crippen molar-refractivity contribution in [3.63, 3.8) is 0 Å². The Bertz CT molecular complexity index is 230. The van der Waals surface area contributed by atoms with Crippen LogP contribution in [0.15, 0.2) is 4.99 Å². The first-order chi connectivity index (χ1) is 6.08. The van der Waals surface area contributed by atoms with E-state index in [0.29, 0.717) is 11.8 Å². The molecule has 0 fully saturated rings. The lowest BCUT2D eigenvalue weighted by molar-refractivity contribution is 0.672. The van der Waals surface area contributed by atoms with E-state index in [1.807, 2.05) is 6.92 Å². The summed E-state index contributed by atoms with van der Waals surface area (Å²) in [6.07, 6.45) is 1.73. The van der Waals surface area contributed by atoms with Crippen LogP contribution in [0.4, 0.5) is 0 Å². The highest BCUT2D eigenvalue weighted by Crippen LogP contribution is 2.15. The molecule has 13 heavy (non-hydrogen) atoms. The molecule has 0 saturated heterocycles. The van der Waals surface area contributed by atoms with E-state index in [-0.39, 0.29) is 6.04 Å². The summed E-state index contributed by atoms with van der Waals surface area (Å²) in [7, 11) is -0.731. The van der Waals surface area contributed by atoms with Crippen molar-refractivity contribution in [3.05, 3.63) is 0 Å². The van der Waals surface area contributed by atoms with E-state index < -0.39 is 10.8 Å². The molecule has 1 rings (SSSR count). The van der Waals surface area contributed by atoms with Crippen molar-refractivity contribution in [2.75, 3.05) is 17.8 Å². The lowest BCUT2D eigenvalue weighted by Gasteiger charge is -2.12. The summed E-state index contributed by atoms with van der Waals surface area (Å²) >= 11 is 1.75. The fourth-order valence-electron chi connectivity index (χ4n) is 1.16. The summed E-state index contributed by atoms with van der Waals surface area (Å²) in [5.74, 6) is 1.75. The number of amidine groups is 1. The summed E-state index contributed by atoms with van der Waals surface area (Å²) in [5, 5.41) is 4.27. The van der Waals surface area contributed by atoms with Crippen LogP contribution >= 0.6 is 11.8 Å². The number of hydrogen-bond donors (Lipinski definition) is 1. The maximum absolute atomic E-state index is 10.9. The van der Waals surface area contributed by atoms with Gasteiger partial charge in [0.2, 0.25) is 0 Å². The van der Waals surface area contributed by atoms with Crippen LogP contribution in [0.3, 0.4) is 0 Å². The first kappa shape index (κ1) is 11.0. The smallest absolute Gasteiger partial charge is 0.157 e. The number of thioether (sulfide) groups is 1. The lowest BCUT2D eigenvalue weighted by atomic mass is 10.4. The van der Waals surface area contributed by atoms with Gasteiger partial charge in [-0.3, -0.25) is 9.20 Å². The van der Waals surface area contributed by atoms with E-state index in [2.05, 4.69) is 17.2 Å². The molecule has 1 aliphatic heterocycles. The van der Waals surface area contributed by atoms with Crippen LogP contribution in [-0.2, 0) is 10.8 Å². The average Bonchev–Trinajstić information content (AvgIpc) is 2.33. The lowest BCUT2D eigenvalue weighted by Crippen LogP contribution is -2.33. The zero-order valence-electron chi connectivity index (χ0n) is 8.24. The van der Waals surface area contributed by atoms with E-state index in [4.69, 9.17) is 0 Å². The monoisotopic (exact) mass is 220 g/mol. The van der Waals surface area contributed by atoms with Crippen molar-refractivity contribution in [3.8, 4) is 0 Å². The molecular formula is C8H16N2OS2. The Balaban J connectivity index is 2.32. The van der Waals surface area contributed by atoms with Gasteiger partial charge in [-0.15, -0.1) is 0 Å². The van der Waals surface area contributed by atoms with Gasteiger partial charge in [-0.2, -0.15) is 0 Å². The molecule has 1 heterocycles. The summed E-state index contributed by atoms with van der Waals surface area (Å²) in [6.45, 7) is 4.14. The van der Waals surface area contributed by atoms with Crippen LogP contribution in [0.2, 0.25) is 0 Å². The van der Waals surface area contributed by atoms with Gasteiger partial charge >= 0.3 is 0 Å². The first-order valence-corrected chi connectivity index (χ1v) is 7.06. The van der Waals surface area contributed by atoms with Crippen molar-refractivity contribution >= 4 is 27.7 Å². The van der Waals surface area contributed by atoms with Gasteiger partial charge in [0.25, 0.3) is 0 Å². The van der Waals surface area contributed by atoms with Gasteiger partial charge in [-0.05, 0) is 13.8 Å². The van der Waals surface area contributed by atoms with Crippen LogP contribution in [0, 0.1) is 0 Å². The molecule has 76 valence electrons. The van der Waals surface area contributed by atoms with Gasteiger partial charge in [0.1, 0.15) is 0 Å². The number of rotatable bonds is 3. The molecule has 0 aromatic heterocycles. The van der Waals surface area contributed by atoms with E-state index in [1.165, 1.54) is 0 Å². The number of nitrogens with zero attached hydrogens (tertiary/aromatic N) is 1. The molecule has 3 nitrogen and oxygen atoms in total. The van der Waals surface area contributed by atoms with E-state index >= 15 is 0 Å². The fourth-order valence-corrected chi connectivity index (χ4v) is 2.96. The second kappa shape index (κ2) is 5.00. The molecule has 0 saturated carbocycles. The van der Waals surface area contributed by atoms with Gasteiger partial charge in [0, 0.05) is 34.6 Å². The Morgan fingerprint density at radius 2 is 2.54 bits per heavy atom. The minimum Gasteiger partial charge on any atom is -0.362 e. The van der Waals surface area contributed by atoms with E-state index in [9.17, 15) is 4.21 Å². The van der Waals surface area contributed by atoms with Crippen LogP contribution in [0.25, 0.3) is 0 Å². The van der Waals surface area contributed by atoms with Crippen molar-refractivity contribution in [1.29, 1.82) is 0 Å². The average molecular weight is 220 g/mol. The van der Waals surface area contributed by atoms with E-state index in [1.54, 1.807) is 18.0 Å². The topological polar surface area (TPSA) is 41.5 Å². The normalized spacial score (nSPS) is 26.7. The third-order valence-corrected chi connectivity index (χ3v) is 3.77. The molecule has 0 bridgehead atoms. The minimum absolute atomic E-state index is 0.252. The van der Waals surface area contributed by atoms with Gasteiger partial charge in [-0.25, -0.2) is 0 Å². The second-order valence-corrected chi connectivity index (χ2v) is 5.87. The van der Waals surface area contributed by atoms with Gasteiger partial charge in [-0.1, -0.05) is 11.8 Å². The summed E-state index contributed by atoms with van der Waals surface area (Å²) in [6, 6.07) is 0.675. The zero-order valence-corrected chi connectivity index (χ0v) is 9.87. The molecule has 3 atom stereocenters. The van der Waals surface area contributed by atoms with Crippen molar-refractivity contribution < 1.29 is 4.21 Å². The fraction of sp³-hybridized carbons (Fsp3) is 0.875. The standard InChI is InChI=1S/C8H16N2OS2/c1-6-4-12-8(9-6)10-7(2)5-13(3)11/h6-7H,4-5H2,1-3H3,(H,9,10). The second-order valence-electron chi connectivity index (χ2n) is 3.38. The molecule has 0 spiro atoms. The number of nitrogens with one attached hydrogen (secondary N) is 1. The molecule has 0 aromatic carbocycles. The molecule has 1 N–H and O–H groups in total. The molecule has 1 aliphatic rings. The third kappa shape index (κ3) is 4.13. The SMILES string of the molecule is CC1CSC(NC(C)CS(C)=O)=N1. The van der Waals surface area contributed by atoms with Gasteiger partial charge in [0.05, 0.1) is 6.04 Å². The third-order valence-electron chi connectivity index (χ3n) is 1.65. The number of hydrogen-bond acceptors (Lipinski definition) is 4. The Kier molecular flexibility index (Phi) is 4.25. The van der Waals surface area contributed by atoms with Crippen LogP contribution in [-0.4, -0.2) is 39.2 Å². The highest BCUT2D eigenvalue weighted by atomic mass is 32.2. The number of aliphatic imine (C=N–C) groups is 1. The Labute approximate surface area is 86.2 Å². The van der Waals surface area contributed by atoms with E-state index in [0.717, 1.165) is 10.9 Å². The predicted octanol–water partition coefficient (Wildman–Crippen LogP) is 0.834. The molecule has 5 heteroatoms. The maximum atomic E-state index is 10.9. The maximum Gasteiger partial charge on any atom is 0.157 e. The zero-order chi connectivity index (χ0) is 9.84. The molecule has 3 unspecified atom stereocenters. The van der Waals surface area contributed by atoms with Crippen LogP contribution in [0.5, 0.6) is 0 Å². The molecule has 0 aromatic rings. The quantitative estimate of drug-likeness (QED) is 0.766. The van der Waals surface area contributed by atoms with Crippen molar-refractivity contribution in [2.24, 2.45) is 4.99 Å². The summed E-state index contributed by atoms with van der Waals surface area (Å²) in [4.78, 5) is 4.41. The Morgan fingerprint density at radius 3 is 3.00 bits per heavy atom. The minimum atomic E-state index is -0.731. The Morgan fingerprint density at radius 1 is 1.85 bits per heavy atom. The highest BCUT2D eigenvalue weighted by molar-refractivity contribution is 8.14. The van der Waals surface area contributed by atoms with Crippen LogP contribution in [0.1, 0.15) is 13.8 Å². The molecule has 0 radical (unpaired) electrons. The molecule has 0 aliphatic carbocycles.